The molecule has 102 valence electrons. The normalized spacial score (nSPS) is 27.1. The molecule has 1 aliphatic rings. The van der Waals surface area contributed by atoms with E-state index in [1.54, 1.807) is 24.0 Å². The third kappa shape index (κ3) is 2.92. The molecule has 1 aromatic rings. The molecule has 0 saturated heterocycles. The van der Waals surface area contributed by atoms with E-state index >= 15 is 0 Å². The topological polar surface area (TPSA) is 72.2 Å². The molecule has 3 unspecified atom stereocenters. The molecule has 0 bridgehead atoms. The van der Waals surface area contributed by atoms with E-state index in [-0.39, 0.29) is 11.2 Å². The van der Waals surface area contributed by atoms with Crippen molar-refractivity contribution in [1.82, 2.24) is 9.78 Å². The van der Waals surface area contributed by atoms with Crippen molar-refractivity contribution >= 4 is 9.84 Å². The van der Waals surface area contributed by atoms with Gasteiger partial charge in [-0.3, -0.25) is 4.68 Å². The van der Waals surface area contributed by atoms with Crippen LogP contribution in [0.5, 0.6) is 0 Å². The molecule has 6 heteroatoms. The molecule has 5 nitrogen and oxygen atoms in total. The zero-order valence-electron chi connectivity index (χ0n) is 10.8. The third-order valence-electron chi connectivity index (χ3n) is 3.76. The summed E-state index contributed by atoms with van der Waals surface area (Å²) in [5, 5.41) is 14.2. The van der Waals surface area contributed by atoms with Gasteiger partial charge in [-0.2, -0.15) is 5.10 Å². The number of aliphatic hydroxyl groups is 1. The van der Waals surface area contributed by atoms with Gasteiger partial charge in [0, 0.05) is 19.5 Å². The van der Waals surface area contributed by atoms with Crippen molar-refractivity contribution < 1.29 is 13.5 Å². The Morgan fingerprint density at radius 2 is 2.22 bits per heavy atom. The van der Waals surface area contributed by atoms with Gasteiger partial charge in [0.1, 0.15) is 15.9 Å². The number of aromatic nitrogens is 2. The fourth-order valence-electron chi connectivity index (χ4n) is 2.69. The fourth-order valence-corrected chi connectivity index (χ4v) is 3.88. The van der Waals surface area contributed by atoms with Gasteiger partial charge < -0.3 is 5.11 Å². The zero-order chi connectivity index (χ0) is 13.3. The molecule has 0 amide bonds. The molecule has 0 aliphatic heterocycles. The first-order chi connectivity index (χ1) is 8.38. The Balaban J connectivity index is 2.09. The molecular weight excluding hydrogens is 252 g/mol. The second kappa shape index (κ2) is 5.01. The van der Waals surface area contributed by atoms with E-state index < -0.39 is 15.9 Å². The standard InChI is InChI=1S/C12H20N2O3S/c1-14-7-6-11(13-14)12(15)9-4-3-5-10(8-9)18(2,16)17/h6-7,9-10,12,15H,3-5,8H2,1-2H3. The van der Waals surface area contributed by atoms with Gasteiger partial charge in [0.15, 0.2) is 0 Å². The van der Waals surface area contributed by atoms with Crippen molar-refractivity contribution in [3.8, 4) is 0 Å². The minimum absolute atomic E-state index is 0.00613. The van der Waals surface area contributed by atoms with Gasteiger partial charge in [-0.05, 0) is 31.2 Å². The number of hydrogen-bond acceptors (Lipinski definition) is 4. The predicted octanol–water partition coefficient (Wildman–Crippen LogP) is 1.06. The van der Waals surface area contributed by atoms with Crippen LogP contribution in [0.1, 0.15) is 37.5 Å². The minimum atomic E-state index is -3.01. The molecule has 1 N–H and O–H groups in total. The summed E-state index contributed by atoms with van der Waals surface area (Å²) in [6.45, 7) is 0. The van der Waals surface area contributed by atoms with Crippen molar-refractivity contribution in [3.63, 3.8) is 0 Å². The number of sulfone groups is 1. The fraction of sp³-hybridized carbons (Fsp3) is 0.750. The van der Waals surface area contributed by atoms with Gasteiger partial charge in [0.25, 0.3) is 0 Å². The molecule has 1 aromatic heterocycles. The second-order valence-corrected chi connectivity index (χ2v) is 7.56. The Labute approximate surface area is 108 Å². The van der Waals surface area contributed by atoms with Crippen molar-refractivity contribution in [2.24, 2.45) is 13.0 Å². The average Bonchev–Trinajstić information content (AvgIpc) is 2.74. The minimum Gasteiger partial charge on any atom is -0.386 e. The van der Waals surface area contributed by atoms with Gasteiger partial charge in [0.05, 0.1) is 10.9 Å². The van der Waals surface area contributed by atoms with Crippen LogP contribution < -0.4 is 0 Å². The number of hydrogen-bond donors (Lipinski definition) is 1. The number of aryl methyl sites for hydroxylation is 1. The molecule has 0 aromatic carbocycles. The quantitative estimate of drug-likeness (QED) is 0.893. The summed E-state index contributed by atoms with van der Waals surface area (Å²) >= 11 is 0. The van der Waals surface area contributed by atoms with Gasteiger partial charge in [-0.15, -0.1) is 0 Å². The summed E-state index contributed by atoms with van der Waals surface area (Å²) in [4.78, 5) is 0. The van der Waals surface area contributed by atoms with Crippen LogP contribution in [-0.2, 0) is 16.9 Å². The molecule has 1 aliphatic carbocycles. The average molecular weight is 272 g/mol. The molecule has 1 saturated carbocycles. The van der Waals surface area contributed by atoms with E-state index in [2.05, 4.69) is 5.10 Å². The lowest BCUT2D eigenvalue weighted by atomic mass is 9.84. The number of aliphatic hydroxyl groups excluding tert-OH is 1. The van der Waals surface area contributed by atoms with E-state index in [9.17, 15) is 13.5 Å². The maximum atomic E-state index is 11.6. The highest BCUT2D eigenvalue weighted by Gasteiger charge is 2.33. The summed E-state index contributed by atoms with van der Waals surface area (Å²) in [6.07, 6.45) is 5.38. The van der Waals surface area contributed by atoms with Crippen LogP contribution in [0.2, 0.25) is 0 Å². The molecule has 2 rings (SSSR count). The van der Waals surface area contributed by atoms with E-state index in [0.29, 0.717) is 18.5 Å². The Morgan fingerprint density at radius 1 is 1.50 bits per heavy atom. The van der Waals surface area contributed by atoms with Crippen LogP contribution in [-0.4, -0.2) is 34.8 Å². The van der Waals surface area contributed by atoms with Crippen molar-refractivity contribution in [1.29, 1.82) is 0 Å². The first-order valence-corrected chi connectivity index (χ1v) is 8.20. The van der Waals surface area contributed by atoms with Crippen LogP contribution in [0.25, 0.3) is 0 Å². The molecule has 0 spiro atoms. The molecule has 1 heterocycles. The van der Waals surface area contributed by atoms with Crippen LogP contribution in [0, 0.1) is 5.92 Å². The lowest BCUT2D eigenvalue weighted by Crippen LogP contribution is -2.30. The number of rotatable bonds is 3. The van der Waals surface area contributed by atoms with Crippen LogP contribution in [0.15, 0.2) is 12.3 Å². The van der Waals surface area contributed by atoms with E-state index in [1.165, 1.54) is 6.26 Å². The summed E-state index contributed by atoms with van der Waals surface area (Å²) in [6, 6.07) is 1.79. The van der Waals surface area contributed by atoms with E-state index in [4.69, 9.17) is 0 Å². The Bertz CT molecular complexity index is 509. The Morgan fingerprint density at radius 3 is 2.78 bits per heavy atom. The van der Waals surface area contributed by atoms with E-state index in [0.717, 1.165) is 12.8 Å². The highest BCUT2D eigenvalue weighted by atomic mass is 32.2. The van der Waals surface area contributed by atoms with Gasteiger partial charge in [0.2, 0.25) is 0 Å². The second-order valence-electron chi connectivity index (χ2n) is 5.24. The van der Waals surface area contributed by atoms with Crippen LogP contribution >= 0.6 is 0 Å². The van der Waals surface area contributed by atoms with Gasteiger partial charge in [-0.25, -0.2) is 8.42 Å². The highest BCUT2D eigenvalue weighted by molar-refractivity contribution is 7.91. The zero-order valence-corrected chi connectivity index (χ0v) is 11.6. The third-order valence-corrected chi connectivity index (χ3v) is 5.40. The van der Waals surface area contributed by atoms with Crippen LogP contribution in [0.3, 0.4) is 0 Å². The molecule has 3 atom stereocenters. The summed E-state index contributed by atoms with van der Waals surface area (Å²) < 4.78 is 24.8. The van der Waals surface area contributed by atoms with Crippen molar-refractivity contribution in [2.75, 3.05) is 6.26 Å². The Hall–Kier alpha value is -0.880. The van der Waals surface area contributed by atoms with Crippen molar-refractivity contribution in [2.45, 2.75) is 37.0 Å². The maximum Gasteiger partial charge on any atom is 0.150 e. The monoisotopic (exact) mass is 272 g/mol. The van der Waals surface area contributed by atoms with E-state index in [1.807, 2.05) is 0 Å². The molecular formula is C12H20N2O3S. The van der Waals surface area contributed by atoms with Gasteiger partial charge >= 0.3 is 0 Å². The smallest absolute Gasteiger partial charge is 0.150 e. The summed E-state index contributed by atoms with van der Waals surface area (Å²) in [5.74, 6) is -0.00613. The Kier molecular flexibility index (Phi) is 3.77. The SMILES string of the molecule is Cn1ccc(C(O)C2CCCC(S(C)(=O)=O)C2)n1. The highest BCUT2D eigenvalue weighted by Crippen LogP contribution is 2.36. The lowest BCUT2D eigenvalue weighted by molar-refractivity contribution is 0.0815. The molecule has 18 heavy (non-hydrogen) atoms. The number of nitrogens with zero attached hydrogens (tertiary/aromatic N) is 2. The van der Waals surface area contributed by atoms with Crippen LogP contribution in [0.4, 0.5) is 0 Å². The summed E-state index contributed by atoms with van der Waals surface area (Å²) in [7, 11) is -1.20. The molecule has 1 fully saturated rings. The largest absolute Gasteiger partial charge is 0.386 e. The van der Waals surface area contributed by atoms with Gasteiger partial charge in [-0.1, -0.05) is 6.42 Å². The first-order valence-electron chi connectivity index (χ1n) is 6.24. The molecule has 0 radical (unpaired) electrons. The summed E-state index contributed by atoms with van der Waals surface area (Å²) in [5.41, 5.74) is 0.636. The maximum absolute atomic E-state index is 11.6. The lowest BCUT2D eigenvalue weighted by Gasteiger charge is -2.30. The predicted molar refractivity (Wildman–Crippen MR) is 68.8 cm³/mol. The van der Waals surface area contributed by atoms with Crippen molar-refractivity contribution in [3.05, 3.63) is 18.0 Å². The first kappa shape index (κ1) is 13.5.